The molecule has 4 heteroatoms. The van der Waals surface area contributed by atoms with Crippen LogP contribution in [-0.2, 0) is 31.3 Å². The Balaban J connectivity index is 0.000000287. The summed E-state index contributed by atoms with van der Waals surface area (Å²) in [4.78, 5) is 14.5. The van der Waals surface area contributed by atoms with Gasteiger partial charge in [-0.1, -0.05) is 12.2 Å². The third kappa shape index (κ3) is 5.59. The van der Waals surface area contributed by atoms with Crippen molar-refractivity contribution in [2.24, 2.45) is 0 Å². The number of hydrogen-bond donors (Lipinski definition) is 1. The molecule has 0 unspecified atom stereocenters. The van der Waals surface area contributed by atoms with Crippen LogP contribution in [0.2, 0.25) is 0 Å². The number of fused-ring (bicyclic) bond motifs is 1. The monoisotopic (exact) mass is 485 g/mol. The van der Waals surface area contributed by atoms with Gasteiger partial charge in [0.2, 0.25) is 0 Å². The fourth-order valence-corrected chi connectivity index (χ4v) is 2.23. The first-order valence-electron chi connectivity index (χ1n) is 7.07. The Hall–Kier alpha value is -2.03. The van der Waals surface area contributed by atoms with Crippen molar-refractivity contribution in [1.29, 1.82) is 0 Å². The predicted molar refractivity (Wildman–Crippen MR) is 88.3 cm³/mol. The zero-order valence-electron chi connectivity index (χ0n) is 13.0. The van der Waals surface area contributed by atoms with Crippen molar-refractivity contribution >= 4 is 11.9 Å². The summed E-state index contributed by atoms with van der Waals surface area (Å²) in [6.45, 7) is 2.85. The molecule has 1 aliphatic rings. The van der Waals surface area contributed by atoms with Crippen LogP contribution in [-0.4, -0.2) is 15.9 Å². The molecule has 0 aliphatic heterocycles. The molecule has 3 rings (SSSR count). The first kappa shape index (κ1) is 19.0. The molecule has 23 heavy (non-hydrogen) atoms. The Morgan fingerprint density at radius 2 is 2.09 bits per heavy atom. The summed E-state index contributed by atoms with van der Waals surface area (Å²) in [7, 11) is 0. The summed E-state index contributed by atoms with van der Waals surface area (Å²) in [5.41, 5.74) is 4.72. The summed E-state index contributed by atoms with van der Waals surface area (Å²) in [6, 6.07) is 13.3. The molecular formula is C19H18IrNO2-. The summed E-state index contributed by atoms with van der Waals surface area (Å²) in [6.07, 6.45) is 8.40. The minimum absolute atomic E-state index is 0. The molecule has 0 saturated carbocycles. The second-order valence-electron chi connectivity index (χ2n) is 5.01. The van der Waals surface area contributed by atoms with Crippen LogP contribution in [0, 0.1) is 6.07 Å². The third-order valence-electron chi connectivity index (χ3n) is 3.08. The number of benzene rings is 1. The van der Waals surface area contributed by atoms with Gasteiger partial charge in [-0.3, -0.25) is 4.79 Å². The molecule has 1 aromatic carbocycles. The molecule has 0 amide bonds. The van der Waals surface area contributed by atoms with Gasteiger partial charge in [-0.25, -0.2) is 0 Å². The van der Waals surface area contributed by atoms with E-state index >= 15 is 0 Å². The topological polar surface area (TPSA) is 50.2 Å². The normalized spacial score (nSPS) is 11.8. The second kappa shape index (κ2) is 9.19. The number of carbonyl (C=O) groups is 1. The molecule has 0 fully saturated rings. The third-order valence-corrected chi connectivity index (χ3v) is 3.08. The molecule has 0 bridgehead atoms. The molecule has 3 nitrogen and oxygen atoms in total. The van der Waals surface area contributed by atoms with E-state index in [0.29, 0.717) is 0 Å². The van der Waals surface area contributed by atoms with Gasteiger partial charge in [-0.2, -0.15) is 0 Å². The van der Waals surface area contributed by atoms with Gasteiger partial charge in [0.15, 0.2) is 5.78 Å². The van der Waals surface area contributed by atoms with Gasteiger partial charge in [-0.05, 0) is 43.2 Å². The maximum atomic E-state index is 10.0. The summed E-state index contributed by atoms with van der Waals surface area (Å²) < 4.78 is 0. The van der Waals surface area contributed by atoms with Crippen LogP contribution in [0.15, 0.2) is 54.4 Å². The van der Waals surface area contributed by atoms with Gasteiger partial charge in [0.25, 0.3) is 0 Å². The molecule has 1 radical (unpaired) electrons. The van der Waals surface area contributed by atoms with E-state index in [1.165, 1.54) is 31.1 Å². The quantitative estimate of drug-likeness (QED) is 0.396. The van der Waals surface area contributed by atoms with Crippen LogP contribution < -0.4 is 0 Å². The zero-order chi connectivity index (χ0) is 15.9. The summed E-state index contributed by atoms with van der Waals surface area (Å²) >= 11 is 0. The van der Waals surface area contributed by atoms with Crippen molar-refractivity contribution in [3.8, 4) is 11.3 Å². The van der Waals surface area contributed by atoms with E-state index in [-0.39, 0.29) is 31.6 Å². The fourth-order valence-electron chi connectivity index (χ4n) is 2.23. The van der Waals surface area contributed by atoms with Crippen molar-refractivity contribution in [3.05, 3.63) is 71.6 Å². The first-order chi connectivity index (χ1) is 10.6. The summed E-state index contributed by atoms with van der Waals surface area (Å²) in [5, 5.41) is 8.36. The van der Waals surface area contributed by atoms with Crippen LogP contribution in [0.4, 0.5) is 0 Å². The molecule has 1 aromatic heterocycles. The largest absolute Gasteiger partial charge is 0.512 e. The van der Waals surface area contributed by atoms with E-state index in [1.807, 2.05) is 24.4 Å². The molecule has 0 saturated heterocycles. The maximum Gasteiger partial charge on any atom is 0.155 e. The SMILES string of the molecule is CC(=O)/C=C(/C)O.[Ir].[c-]1ccccc1-c1nccc2c1C=CC2. The van der Waals surface area contributed by atoms with E-state index in [1.54, 1.807) is 0 Å². The summed E-state index contributed by atoms with van der Waals surface area (Å²) in [5.74, 6) is -0.0625. The fraction of sp³-hybridized carbons (Fsp3) is 0.158. The van der Waals surface area contributed by atoms with Gasteiger partial charge in [0, 0.05) is 32.4 Å². The Labute approximate surface area is 150 Å². The number of pyridine rings is 1. The van der Waals surface area contributed by atoms with E-state index < -0.39 is 0 Å². The Morgan fingerprint density at radius 3 is 2.65 bits per heavy atom. The molecule has 0 spiro atoms. The van der Waals surface area contributed by atoms with Crippen LogP contribution in [0.5, 0.6) is 0 Å². The van der Waals surface area contributed by atoms with Crippen molar-refractivity contribution in [3.63, 3.8) is 0 Å². The minimum atomic E-state index is -0.125. The van der Waals surface area contributed by atoms with Crippen molar-refractivity contribution in [1.82, 2.24) is 4.98 Å². The molecule has 1 N–H and O–H groups in total. The first-order valence-corrected chi connectivity index (χ1v) is 7.07. The second-order valence-corrected chi connectivity index (χ2v) is 5.01. The van der Waals surface area contributed by atoms with E-state index in [2.05, 4.69) is 35.3 Å². The Morgan fingerprint density at radius 1 is 1.30 bits per heavy atom. The Bertz CT molecular complexity index is 717. The molecule has 2 aromatic rings. The number of rotatable bonds is 2. The molecular weight excluding hydrogens is 466 g/mol. The van der Waals surface area contributed by atoms with Crippen LogP contribution in [0.25, 0.3) is 17.3 Å². The molecule has 121 valence electrons. The van der Waals surface area contributed by atoms with Crippen LogP contribution >= 0.6 is 0 Å². The van der Waals surface area contributed by atoms with E-state index in [9.17, 15) is 4.79 Å². The van der Waals surface area contributed by atoms with Gasteiger partial charge in [0.1, 0.15) is 0 Å². The number of ketones is 1. The number of aliphatic hydroxyl groups excluding tert-OH is 1. The maximum absolute atomic E-state index is 10.0. The van der Waals surface area contributed by atoms with Crippen LogP contribution in [0.3, 0.4) is 0 Å². The molecule has 0 atom stereocenters. The number of nitrogens with zero attached hydrogens (tertiary/aromatic N) is 1. The van der Waals surface area contributed by atoms with Gasteiger partial charge >= 0.3 is 0 Å². The number of aliphatic hydroxyl groups is 1. The smallest absolute Gasteiger partial charge is 0.155 e. The molecule has 1 heterocycles. The predicted octanol–water partition coefficient (Wildman–Crippen LogP) is 4.15. The van der Waals surface area contributed by atoms with Gasteiger partial charge in [-0.15, -0.1) is 35.9 Å². The van der Waals surface area contributed by atoms with E-state index in [0.717, 1.165) is 17.7 Å². The van der Waals surface area contributed by atoms with Crippen molar-refractivity contribution in [2.75, 3.05) is 0 Å². The number of aromatic nitrogens is 1. The average Bonchev–Trinajstić information content (AvgIpc) is 2.95. The molecule has 1 aliphatic carbocycles. The van der Waals surface area contributed by atoms with Crippen molar-refractivity contribution < 1.29 is 30.0 Å². The van der Waals surface area contributed by atoms with Crippen molar-refractivity contribution in [2.45, 2.75) is 20.3 Å². The number of allylic oxidation sites excluding steroid dienone is 3. The minimum Gasteiger partial charge on any atom is -0.512 e. The van der Waals surface area contributed by atoms with Gasteiger partial charge < -0.3 is 10.1 Å². The van der Waals surface area contributed by atoms with Gasteiger partial charge in [0.05, 0.1) is 5.76 Å². The number of hydrogen-bond acceptors (Lipinski definition) is 3. The Kier molecular flexibility index (Phi) is 7.59. The average molecular weight is 485 g/mol. The zero-order valence-corrected chi connectivity index (χ0v) is 15.4. The van der Waals surface area contributed by atoms with E-state index in [4.69, 9.17) is 5.11 Å². The van der Waals surface area contributed by atoms with Crippen LogP contribution in [0.1, 0.15) is 25.0 Å². The number of carbonyl (C=O) groups excluding carboxylic acids is 1. The standard InChI is InChI=1S/C14H10N.C5H8O2.Ir/c1-2-5-12(6-3-1)14-13-8-4-7-11(13)9-10-15-14;1-4(6)3-5(2)7;/h1-5,8-10H,7H2;3,6H,1-2H3;/q-1;;/b;4-3-;.